The van der Waals surface area contributed by atoms with E-state index in [0.717, 1.165) is 29.5 Å². The van der Waals surface area contributed by atoms with Crippen LogP contribution in [0.25, 0.3) is 0 Å². The fourth-order valence-corrected chi connectivity index (χ4v) is 2.36. The van der Waals surface area contributed by atoms with E-state index < -0.39 is 0 Å². The average molecular weight is 327 g/mol. The third kappa shape index (κ3) is 3.96. The molecule has 0 radical (unpaired) electrons. The molecule has 0 aliphatic heterocycles. The van der Waals surface area contributed by atoms with Crippen LogP contribution in [0.3, 0.4) is 0 Å². The van der Waals surface area contributed by atoms with Gasteiger partial charge in [0, 0.05) is 6.42 Å². The lowest BCUT2D eigenvalue weighted by molar-refractivity contribution is -0.143. The monoisotopic (exact) mass is 326 g/mol. The SMILES string of the molecule is CCOC(=O)CCC1(Oc2cc(C)ccc2Br)CC1. The zero-order chi connectivity index (χ0) is 13.9. The van der Waals surface area contributed by atoms with Crippen molar-refractivity contribution < 1.29 is 14.3 Å². The highest BCUT2D eigenvalue weighted by molar-refractivity contribution is 9.10. The first-order valence-corrected chi connectivity index (χ1v) is 7.45. The molecule has 0 unspecified atom stereocenters. The van der Waals surface area contributed by atoms with Gasteiger partial charge >= 0.3 is 5.97 Å². The van der Waals surface area contributed by atoms with Crippen molar-refractivity contribution in [2.75, 3.05) is 6.61 Å². The first-order valence-electron chi connectivity index (χ1n) is 6.65. The predicted octanol–water partition coefficient (Wildman–Crippen LogP) is 4.01. The van der Waals surface area contributed by atoms with Crippen LogP contribution in [-0.4, -0.2) is 18.2 Å². The Kier molecular flexibility index (Phi) is 4.50. The molecule has 0 bridgehead atoms. The fourth-order valence-electron chi connectivity index (χ4n) is 2.03. The molecular formula is C15H19BrO3. The first kappa shape index (κ1) is 14.4. The minimum absolute atomic E-state index is 0.138. The van der Waals surface area contributed by atoms with E-state index in [2.05, 4.69) is 15.9 Å². The molecule has 1 aliphatic carbocycles. The number of esters is 1. The highest BCUT2D eigenvalue weighted by Gasteiger charge is 2.45. The summed E-state index contributed by atoms with van der Waals surface area (Å²) < 4.78 is 12.0. The quantitative estimate of drug-likeness (QED) is 0.741. The van der Waals surface area contributed by atoms with Crippen LogP contribution in [0.1, 0.15) is 38.2 Å². The van der Waals surface area contributed by atoms with Gasteiger partial charge in [0.25, 0.3) is 0 Å². The van der Waals surface area contributed by atoms with Crippen molar-refractivity contribution in [2.24, 2.45) is 0 Å². The molecule has 19 heavy (non-hydrogen) atoms. The summed E-state index contributed by atoms with van der Waals surface area (Å²) in [5.41, 5.74) is 1.00. The molecular weight excluding hydrogens is 308 g/mol. The maximum absolute atomic E-state index is 11.4. The summed E-state index contributed by atoms with van der Waals surface area (Å²) in [6, 6.07) is 6.05. The van der Waals surface area contributed by atoms with Gasteiger partial charge in [-0.25, -0.2) is 0 Å². The molecule has 0 atom stereocenters. The van der Waals surface area contributed by atoms with E-state index in [1.54, 1.807) is 0 Å². The number of ether oxygens (including phenoxy) is 2. The van der Waals surface area contributed by atoms with Crippen LogP contribution < -0.4 is 4.74 Å². The van der Waals surface area contributed by atoms with Crippen LogP contribution in [0.2, 0.25) is 0 Å². The van der Waals surface area contributed by atoms with Gasteiger partial charge in [0.2, 0.25) is 0 Å². The van der Waals surface area contributed by atoms with Crippen LogP contribution in [-0.2, 0) is 9.53 Å². The summed E-state index contributed by atoms with van der Waals surface area (Å²) in [5, 5.41) is 0. The molecule has 4 heteroatoms. The Bertz CT molecular complexity index is 466. The lowest BCUT2D eigenvalue weighted by Crippen LogP contribution is -2.20. The molecule has 1 saturated carbocycles. The number of hydrogen-bond donors (Lipinski definition) is 0. The van der Waals surface area contributed by atoms with Crippen molar-refractivity contribution in [3.63, 3.8) is 0 Å². The fraction of sp³-hybridized carbons (Fsp3) is 0.533. The molecule has 0 heterocycles. The summed E-state index contributed by atoms with van der Waals surface area (Å²) >= 11 is 3.50. The molecule has 0 spiro atoms. The van der Waals surface area contributed by atoms with Crippen molar-refractivity contribution in [2.45, 2.75) is 45.1 Å². The molecule has 0 saturated heterocycles. The average Bonchev–Trinajstić information content (AvgIpc) is 3.12. The molecule has 1 fully saturated rings. The lowest BCUT2D eigenvalue weighted by atomic mass is 10.1. The Morgan fingerprint density at radius 1 is 1.42 bits per heavy atom. The lowest BCUT2D eigenvalue weighted by Gasteiger charge is -2.19. The van der Waals surface area contributed by atoms with E-state index in [9.17, 15) is 4.79 Å². The molecule has 104 valence electrons. The van der Waals surface area contributed by atoms with E-state index >= 15 is 0 Å². The van der Waals surface area contributed by atoms with E-state index in [0.29, 0.717) is 13.0 Å². The molecule has 3 nitrogen and oxygen atoms in total. The van der Waals surface area contributed by atoms with Crippen LogP contribution in [0.15, 0.2) is 22.7 Å². The highest BCUT2D eigenvalue weighted by atomic mass is 79.9. The zero-order valence-electron chi connectivity index (χ0n) is 11.4. The Labute approximate surface area is 122 Å². The Morgan fingerprint density at radius 2 is 2.16 bits per heavy atom. The van der Waals surface area contributed by atoms with Crippen molar-refractivity contribution in [1.82, 2.24) is 0 Å². The Hall–Kier alpha value is -1.03. The summed E-state index contributed by atoms with van der Waals surface area (Å²) in [5.74, 6) is 0.724. The van der Waals surface area contributed by atoms with Gasteiger partial charge in [0.15, 0.2) is 0 Å². The maximum Gasteiger partial charge on any atom is 0.305 e. The number of halogens is 1. The van der Waals surface area contributed by atoms with Gasteiger partial charge in [0.1, 0.15) is 11.4 Å². The van der Waals surface area contributed by atoms with Crippen molar-refractivity contribution in [3.05, 3.63) is 28.2 Å². The van der Waals surface area contributed by atoms with Crippen molar-refractivity contribution in [3.8, 4) is 5.75 Å². The third-order valence-electron chi connectivity index (χ3n) is 3.31. The van der Waals surface area contributed by atoms with Gasteiger partial charge in [-0.2, -0.15) is 0 Å². The Balaban J connectivity index is 1.94. The molecule has 2 rings (SSSR count). The maximum atomic E-state index is 11.4. The minimum atomic E-state index is -0.164. The second-order valence-electron chi connectivity index (χ2n) is 5.02. The third-order valence-corrected chi connectivity index (χ3v) is 3.97. The van der Waals surface area contributed by atoms with Crippen LogP contribution in [0.5, 0.6) is 5.75 Å². The summed E-state index contributed by atoms with van der Waals surface area (Å²) in [4.78, 5) is 11.4. The van der Waals surface area contributed by atoms with Gasteiger partial charge in [-0.15, -0.1) is 0 Å². The van der Waals surface area contributed by atoms with Gasteiger partial charge in [-0.05, 0) is 66.7 Å². The predicted molar refractivity (Wildman–Crippen MR) is 77.3 cm³/mol. The molecule has 1 aliphatic rings. The standard InChI is InChI=1S/C15H19BrO3/c1-3-18-14(17)6-7-15(8-9-15)19-13-10-11(2)4-5-12(13)16/h4-5,10H,3,6-9H2,1-2H3. The Morgan fingerprint density at radius 3 is 2.79 bits per heavy atom. The largest absolute Gasteiger partial charge is 0.486 e. The number of carbonyl (C=O) groups is 1. The van der Waals surface area contributed by atoms with E-state index in [-0.39, 0.29) is 11.6 Å². The van der Waals surface area contributed by atoms with E-state index in [4.69, 9.17) is 9.47 Å². The normalized spacial score (nSPS) is 15.9. The van der Waals surface area contributed by atoms with Crippen molar-refractivity contribution >= 4 is 21.9 Å². The van der Waals surface area contributed by atoms with Gasteiger partial charge in [0.05, 0.1) is 11.1 Å². The molecule has 0 aromatic heterocycles. The summed E-state index contributed by atoms with van der Waals surface area (Å²) in [6.45, 7) is 4.30. The summed E-state index contributed by atoms with van der Waals surface area (Å²) in [6.07, 6.45) is 3.17. The van der Waals surface area contributed by atoms with Crippen LogP contribution in [0.4, 0.5) is 0 Å². The van der Waals surface area contributed by atoms with Gasteiger partial charge in [-0.3, -0.25) is 4.79 Å². The zero-order valence-corrected chi connectivity index (χ0v) is 13.0. The molecule has 0 amide bonds. The first-order chi connectivity index (χ1) is 9.04. The van der Waals surface area contributed by atoms with Gasteiger partial charge in [-0.1, -0.05) is 6.07 Å². The van der Waals surface area contributed by atoms with Gasteiger partial charge < -0.3 is 9.47 Å². The topological polar surface area (TPSA) is 35.5 Å². The van der Waals surface area contributed by atoms with E-state index in [1.165, 1.54) is 5.56 Å². The smallest absolute Gasteiger partial charge is 0.305 e. The second-order valence-corrected chi connectivity index (χ2v) is 5.88. The number of carbonyl (C=O) groups excluding carboxylic acids is 1. The number of hydrogen-bond acceptors (Lipinski definition) is 3. The van der Waals surface area contributed by atoms with E-state index in [1.807, 2.05) is 32.0 Å². The van der Waals surface area contributed by atoms with Crippen LogP contribution in [0, 0.1) is 6.92 Å². The highest BCUT2D eigenvalue weighted by Crippen LogP contribution is 2.45. The molecule has 0 N–H and O–H groups in total. The number of rotatable bonds is 6. The minimum Gasteiger partial charge on any atom is -0.486 e. The second kappa shape index (κ2) is 5.95. The van der Waals surface area contributed by atoms with Crippen molar-refractivity contribution in [1.29, 1.82) is 0 Å². The number of aryl methyl sites for hydroxylation is 1. The molecule has 1 aromatic rings. The molecule has 1 aromatic carbocycles. The summed E-state index contributed by atoms with van der Waals surface area (Å²) in [7, 11) is 0. The van der Waals surface area contributed by atoms with Crippen LogP contribution >= 0.6 is 15.9 Å². The number of benzene rings is 1.